The summed E-state index contributed by atoms with van der Waals surface area (Å²) < 4.78 is 2.45. The second-order valence-corrected chi connectivity index (χ2v) is 7.47. The summed E-state index contributed by atoms with van der Waals surface area (Å²) in [5, 5.41) is 5.30. The highest BCUT2D eigenvalue weighted by Crippen LogP contribution is 2.40. The molecule has 0 bridgehead atoms. The Bertz CT molecular complexity index is 1180. The molecule has 4 aromatic rings. The van der Waals surface area contributed by atoms with E-state index < -0.39 is 0 Å². The molecule has 0 amide bonds. The zero-order valence-corrected chi connectivity index (χ0v) is 15.2. The first-order valence-electron chi connectivity index (χ1n) is 9.36. The highest BCUT2D eigenvalue weighted by Gasteiger charge is 2.24. The number of rotatable bonds is 1. The van der Waals surface area contributed by atoms with Gasteiger partial charge in [0.25, 0.3) is 0 Å². The fourth-order valence-electron chi connectivity index (χ4n) is 4.17. The monoisotopic (exact) mass is 336 g/mol. The highest BCUT2D eigenvalue weighted by atomic mass is 15.0. The van der Waals surface area contributed by atoms with Gasteiger partial charge in [-0.3, -0.25) is 0 Å². The molecule has 0 atom stereocenters. The number of benzene rings is 4. The van der Waals surface area contributed by atoms with Crippen LogP contribution in [0, 0.1) is 0 Å². The Morgan fingerprint density at radius 2 is 1.31 bits per heavy atom. The van der Waals surface area contributed by atoms with Gasteiger partial charge in [-0.25, -0.2) is 4.58 Å². The van der Waals surface area contributed by atoms with Gasteiger partial charge in [-0.1, -0.05) is 66.7 Å². The number of fused-ring (bicyclic) bond motifs is 7. The van der Waals surface area contributed by atoms with Crippen LogP contribution in [0.15, 0.2) is 72.8 Å². The predicted molar refractivity (Wildman–Crippen MR) is 111 cm³/mol. The standard InChI is InChI=1S/C25H22N/c1-17(2)26-15-20-13-11-18-7-3-5-9-22(18)24(20)25-21(16-26)14-12-19-8-4-6-10-23(19)25/h3-15,17H,16H2,1-2H3/q+1. The minimum atomic E-state index is 0.465. The Balaban J connectivity index is 1.99. The average molecular weight is 336 g/mol. The van der Waals surface area contributed by atoms with E-state index in [2.05, 4.69) is 97.4 Å². The van der Waals surface area contributed by atoms with Gasteiger partial charge >= 0.3 is 0 Å². The summed E-state index contributed by atoms with van der Waals surface area (Å²) in [4.78, 5) is 0. The van der Waals surface area contributed by atoms with E-state index in [-0.39, 0.29) is 0 Å². The van der Waals surface area contributed by atoms with Gasteiger partial charge in [0.05, 0.1) is 0 Å². The first-order chi connectivity index (χ1) is 12.7. The van der Waals surface area contributed by atoms with Crippen LogP contribution < -0.4 is 0 Å². The van der Waals surface area contributed by atoms with Crippen LogP contribution in [0.4, 0.5) is 0 Å². The molecule has 5 rings (SSSR count). The van der Waals surface area contributed by atoms with E-state index in [1.807, 2.05) is 0 Å². The molecule has 0 saturated heterocycles. The lowest BCUT2D eigenvalue weighted by Gasteiger charge is -2.14. The van der Waals surface area contributed by atoms with Gasteiger partial charge in [0.1, 0.15) is 6.04 Å². The first kappa shape index (κ1) is 15.3. The lowest BCUT2D eigenvalue weighted by atomic mass is 9.88. The van der Waals surface area contributed by atoms with Gasteiger partial charge in [-0.15, -0.1) is 0 Å². The van der Waals surface area contributed by atoms with Crippen LogP contribution in [0.25, 0.3) is 32.7 Å². The van der Waals surface area contributed by atoms with Crippen LogP contribution >= 0.6 is 0 Å². The minimum absolute atomic E-state index is 0.465. The van der Waals surface area contributed by atoms with Crippen LogP contribution in [0.3, 0.4) is 0 Å². The lowest BCUT2D eigenvalue weighted by Crippen LogP contribution is -2.20. The van der Waals surface area contributed by atoms with Crippen LogP contribution in [0.1, 0.15) is 25.0 Å². The van der Waals surface area contributed by atoms with Crippen molar-refractivity contribution in [3.8, 4) is 11.1 Å². The molecular weight excluding hydrogens is 314 g/mol. The summed E-state index contributed by atoms with van der Waals surface area (Å²) in [6, 6.07) is 27.1. The normalized spacial score (nSPS) is 13.4. The van der Waals surface area contributed by atoms with Crippen molar-refractivity contribution in [2.24, 2.45) is 0 Å². The van der Waals surface area contributed by atoms with E-state index >= 15 is 0 Å². The number of hydrogen-bond donors (Lipinski definition) is 0. The Kier molecular flexibility index (Phi) is 3.43. The second-order valence-electron chi connectivity index (χ2n) is 7.47. The molecule has 1 nitrogen and oxygen atoms in total. The second kappa shape index (κ2) is 5.81. The van der Waals surface area contributed by atoms with Crippen LogP contribution in [0.5, 0.6) is 0 Å². The molecule has 0 unspecified atom stereocenters. The molecule has 1 aliphatic heterocycles. The first-order valence-corrected chi connectivity index (χ1v) is 9.36. The van der Waals surface area contributed by atoms with Gasteiger partial charge in [-0.05, 0) is 41.5 Å². The molecular formula is C25H22N+. The predicted octanol–water partition coefficient (Wildman–Crippen LogP) is 6.01. The van der Waals surface area contributed by atoms with Gasteiger partial charge in [0.2, 0.25) is 0 Å². The molecule has 0 spiro atoms. The molecule has 0 saturated carbocycles. The van der Waals surface area contributed by atoms with Gasteiger partial charge < -0.3 is 0 Å². The van der Waals surface area contributed by atoms with Gasteiger partial charge in [-0.2, -0.15) is 0 Å². The van der Waals surface area contributed by atoms with Crippen molar-refractivity contribution in [2.45, 2.75) is 26.4 Å². The van der Waals surface area contributed by atoms with Gasteiger partial charge in [0, 0.05) is 22.3 Å². The highest BCUT2D eigenvalue weighted by molar-refractivity contribution is 6.11. The molecule has 1 heterocycles. The molecule has 0 aliphatic carbocycles. The maximum absolute atomic E-state index is 2.45. The van der Waals surface area contributed by atoms with Crippen LogP contribution in [-0.2, 0) is 6.54 Å². The van der Waals surface area contributed by atoms with Crippen molar-refractivity contribution in [1.29, 1.82) is 0 Å². The van der Waals surface area contributed by atoms with Crippen molar-refractivity contribution < 1.29 is 4.58 Å². The van der Waals surface area contributed by atoms with Crippen molar-refractivity contribution >= 4 is 27.8 Å². The molecule has 26 heavy (non-hydrogen) atoms. The average Bonchev–Trinajstić information content (AvgIpc) is 2.85. The van der Waals surface area contributed by atoms with Crippen molar-refractivity contribution in [3.05, 3.63) is 83.9 Å². The Morgan fingerprint density at radius 1 is 0.692 bits per heavy atom. The topological polar surface area (TPSA) is 3.01 Å². The summed E-state index contributed by atoms with van der Waals surface area (Å²) in [7, 11) is 0. The summed E-state index contributed by atoms with van der Waals surface area (Å²) in [5.41, 5.74) is 5.49. The summed E-state index contributed by atoms with van der Waals surface area (Å²) in [6.07, 6.45) is 2.35. The van der Waals surface area contributed by atoms with E-state index in [0.717, 1.165) is 6.54 Å². The maximum atomic E-state index is 2.45. The third-order valence-corrected chi connectivity index (χ3v) is 5.55. The summed E-state index contributed by atoms with van der Waals surface area (Å²) >= 11 is 0. The van der Waals surface area contributed by atoms with E-state index in [1.165, 1.54) is 43.8 Å². The molecule has 0 aromatic heterocycles. The Labute approximate surface area is 154 Å². The number of hydrogen-bond acceptors (Lipinski definition) is 0. The van der Waals surface area contributed by atoms with E-state index in [4.69, 9.17) is 0 Å². The quantitative estimate of drug-likeness (QED) is 0.374. The smallest absolute Gasteiger partial charge is 0.171 e. The van der Waals surface area contributed by atoms with Crippen molar-refractivity contribution in [3.63, 3.8) is 0 Å². The van der Waals surface area contributed by atoms with Crippen LogP contribution in [-0.4, -0.2) is 16.8 Å². The third-order valence-electron chi connectivity index (χ3n) is 5.55. The molecule has 0 fully saturated rings. The largest absolute Gasteiger partial charge is 0.229 e. The van der Waals surface area contributed by atoms with E-state index in [0.29, 0.717) is 6.04 Å². The number of nitrogens with zero attached hydrogens (tertiary/aromatic N) is 1. The molecule has 0 N–H and O–H groups in total. The van der Waals surface area contributed by atoms with Crippen molar-refractivity contribution in [2.75, 3.05) is 0 Å². The third kappa shape index (κ3) is 2.28. The van der Waals surface area contributed by atoms with Crippen molar-refractivity contribution in [1.82, 2.24) is 0 Å². The lowest BCUT2D eigenvalue weighted by molar-refractivity contribution is -0.569. The summed E-state index contributed by atoms with van der Waals surface area (Å²) in [6.45, 7) is 5.48. The zero-order valence-electron chi connectivity index (χ0n) is 15.2. The van der Waals surface area contributed by atoms with E-state index in [9.17, 15) is 0 Å². The minimum Gasteiger partial charge on any atom is -0.229 e. The molecule has 1 aliphatic rings. The molecule has 4 aromatic carbocycles. The Hall–Kier alpha value is -2.93. The molecule has 0 radical (unpaired) electrons. The maximum Gasteiger partial charge on any atom is 0.171 e. The SMILES string of the molecule is CC(C)[N+]1=Cc2ccc3ccccc3c2-c2c(ccc3ccccc23)C1. The molecule has 1 heteroatoms. The molecule has 126 valence electrons. The summed E-state index contributed by atoms with van der Waals surface area (Å²) in [5.74, 6) is 0. The fourth-order valence-corrected chi connectivity index (χ4v) is 4.17. The zero-order chi connectivity index (χ0) is 17.7. The van der Waals surface area contributed by atoms with Gasteiger partial charge in [0.15, 0.2) is 12.8 Å². The van der Waals surface area contributed by atoms with Crippen LogP contribution in [0.2, 0.25) is 0 Å². The Morgan fingerprint density at radius 3 is 2.00 bits per heavy atom. The van der Waals surface area contributed by atoms with E-state index in [1.54, 1.807) is 0 Å². The fraction of sp³-hybridized carbons (Fsp3) is 0.160.